The van der Waals surface area contributed by atoms with E-state index in [2.05, 4.69) is 13.8 Å². The van der Waals surface area contributed by atoms with Crippen molar-refractivity contribution in [3.8, 4) is 0 Å². The Morgan fingerprint density at radius 2 is 2.00 bits per heavy atom. The maximum absolute atomic E-state index is 11.6. The van der Waals surface area contributed by atoms with Gasteiger partial charge in [-0.15, -0.1) is 0 Å². The Labute approximate surface area is 81.1 Å². The highest BCUT2D eigenvalue weighted by molar-refractivity contribution is 5.80. The topological polar surface area (TPSA) is 29.5 Å². The lowest BCUT2D eigenvalue weighted by Crippen LogP contribution is -2.53. The SMILES string of the molecule is CC[C@H](C)[C@@](C)(C(=O)OC)N(C)C. The second kappa shape index (κ2) is 4.61. The van der Waals surface area contributed by atoms with E-state index in [-0.39, 0.29) is 11.9 Å². The molecule has 0 heterocycles. The molecule has 78 valence electrons. The van der Waals surface area contributed by atoms with E-state index in [0.717, 1.165) is 6.42 Å². The van der Waals surface area contributed by atoms with Crippen LogP contribution >= 0.6 is 0 Å². The molecule has 0 radical (unpaired) electrons. The second-order valence-electron chi connectivity index (χ2n) is 3.84. The van der Waals surface area contributed by atoms with Crippen LogP contribution in [0.4, 0.5) is 0 Å². The molecule has 0 spiro atoms. The van der Waals surface area contributed by atoms with Crippen molar-refractivity contribution < 1.29 is 9.53 Å². The maximum Gasteiger partial charge on any atom is 0.326 e. The van der Waals surface area contributed by atoms with Crippen molar-refractivity contribution in [1.29, 1.82) is 0 Å². The molecule has 0 N–H and O–H groups in total. The van der Waals surface area contributed by atoms with Crippen LogP contribution in [0, 0.1) is 5.92 Å². The van der Waals surface area contributed by atoms with Gasteiger partial charge in [-0.3, -0.25) is 9.69 Å². The van der Waals surface area contributed by atoms with Crippen LogP contribution in [0.15, 0.2) is 0 Å². The summed E-state index contributed by atoms with van der Waals surface area (Å²) in [6.45, 7) is 6.07. The number of carbonyl (C=O) groups is 1. The number of likely N-dealkylation sites (N-methyl/N-ethyl adjacent to an activating group) is 1. The summed E-state index contributed by atoms with van der Waals surface area (Å²) in [5.41, 5.74) is -0.510. The Balaban J connectivity index is 4.83. The lowest BCUT2D eigenvalue weighted by molar-refractivity contribution is -0.156. The zero-order valence-corrected chi connectivity index (χ0v) is 9.55. The van der Waals surface area contributed by atoms with Crippen molar-refractivity contribution in [2.75, 3.05) is 21.2 Å². The number of ether oxygens (including phenoxy) is 1. The fourth-order valence-electron chi connectivity index (χ4n) is 1.43. The number of hydrogen-bond donors (Lipinski definition) is 0. The Morgan fingerprint density at radius 1 is 1.54 bits per heavy atom. The summed E-state index contributed by atoms with van der Waals surface area (Å²) >= 11 is 0. The van der Waals surface area contributed by atoms with Crippen molar-refractivity contribution in [3.63, 3.8) is 0 Å². The van der Waals surface area contributed by atoms with Gasteiger partial charge in [0.1, 0.15) is 5.54 Å². The van der Waals surface area contributed by atoms with Crippen LogP contribution in [0.1, 0.15) is 27.2 Å². The standard InChI is InChI=1S/C10H21NO2/c1-7-8(2)10(3,11(4)5)9(12)13-6/h8H,7H2,1-6H3/t8-,10-/m0/s1. The molecule has 0 aromatic carbocycles. The van der Waals surface area contributed by atoms with Crippen LogP contribution in [0.5, 0.6) is 0 Å². The molecular weight excluding hydrogens is 166 g/mol. The fraction of sp³-hybridized carbons (Fsp3) is 0.900. The highest BCUT2D eigenvalue weighted by Crippen LogP contribution is 2.26. The average molecular weight is 187 g/mol. The first kappa shape index (κ1) is 12.4. The number of carbonyl (C=O) groups excluding carboxylic acids is 1. The number of methoxy groups -OCH3 is 1. The van der Waals surface area contributed by atoms with Gasteiger partial charge < -0.3 is 4.74 Å². The van der Waals surface area contributed by atoms with Crippen molar-refractivity contribution in [2.24, 2.45) is 5.92 Å². The van der Waals surface area contributed by atoms with Crippen molar-refractivity contribution in [3.05, 3.63) is 0 Å². The predicted molar refractivity (Wildman–Crippen MR) is 53.6 cm³/mol. The Morgan fingerprint density at radius 3 is 2.23 bits per heavy atom. The van der Waals surface area contributed by atoms with Crippen LogP contribution in [0.3, 0.4) is 0 Å². The molecule has 0 fully saturated rings. The van der Waals surface area contributed by atoms with Gasteiger partial charge in [-0.25, -0.2) is 0 Å². The summed E-state index contributed by atoms with van der Waals surface area (Å²) in [6, 6.07) is 0. The molecule has 0 aromatic rings. The monoisotopic (exact) mass is 187 g/mol. The van der Waals surface area contributed by atoms with Gasteiger partial charge in [0.15, 0.2) is 0 Å². The van der Waals surface area contributed by atoms with Gasteiger partial charge in [0.25, 0.3) is 0 Å². The zero-order chi connectivity index (χ0) is 10.6. The average Bonchev–Trinajstić information content (AvgIpc) is 2.13. The summed E-state index contributed by atoms with van der Waals surface area (Å²) in [5, 5.41) is 0. The van der Waals surface area contributed by atoms with E-state index >= 15 is 0 Å². The van der Waals surface area contributed by atoms with Gasteiger partial charge in [-0.1, -0.05) is 20.3 Å². The molecule has 0 aromatic heterocycles. The molecule has 0 aliphatic rings. The maximum atomic E-state index is 11.6. The number of hydrogen-bond acceptors (Lipinski definition) is 3. The summed E-state index contributed by atoms with van der Waals surface area (Å²) in [5.74, 6) is 0.127. The number of esters is 1. The van der Waals surface area contributed by atoms with Crippen LogP contribution in [-0.2, 0) is 9.53 Å². The van der Waals surface area contributed by atoms with E-state index in [1.54, 1.807) is 0 Å². The lowest BCUT2D eigenvalue weighted by Gasteiger charge is -2.38. The largest absolute Gasteiger partial charge is 0.468 e. The number of rotatable bonds is 4. The fourth-order valence-corrected chi connectivity index (χ4v) is 1.43. The van der Waals surface area contributed by atoms with E-state index in [0.29, 0.717) is 0 Å². The summed E-state index contributed by atoms with van der Waals surface area (Å²) < 4.78 is 4.82. The van der Waals surface area contributed by atoms with E-state index in [1.165, 1.54) is 7.11 Å². The minimum absolute atomic E-state index is 0.160. The summed E-state index contributed by atoms with van der Waals surface area (Å²) in [4.78, 5) is 13.5. The van der Waals surface area contributed by atoms with Crippen molar-refractivity contribution in [1.82, 2.24) is 4.90 Å². The van der Waals surface area contributed by atoms with Gasteiger partial charge in [-0.2, -0.15) is 0 Å². The minimum atomic E-state index is -0.510. The van der Waals surface area contributed by atoms with Gasteiger partial charge in [0.05, 0.1) is 7.11 Å². The Hall–Kier alpha value is -0.570. The van der Waals surface area contributed by atoms with E-state index in [4.69, 9.17) is 4.74 Å². The number of nitrogens with zero attached hydrogens (tertiary/aromatic N) is 1. The van der Waals surface area contributed by atoms with Crippen LogP contribution in [0.2, 0.25) is 0 Å². The molecule has 0 unspecified atom stereocenters. The molecule has 0 saturated heterocycles. The van der Waals surface area contributed by atoms with Crippen molar-refractivity contribution >= 4 is 5.97 Å². The molecule has 0 amide bonds. The van der Waals surface area contributed by atoms with Gasteiger partial charge in [-0.05, 0) is 26.9 Å². The van der Waals surface area contributed by atoms with Gasteiger partial charge in [0, 0.05) is 0 Å². The molecule has 2 atom stereocenters. The molecule has 13 heavy (non-hydrogen) atoms. The van der Waals surface area contributed by atoms with Crippen molar-refractivity contribution in [2.45, 2.75) is 32.7 Å². The van der Waals surface area contributed by atoms with Gasteiger partial charge in [0.2, 0.25) is 0 Å². The van der Waals surface area contributed by atoms with E-state index in [9.17, 15) is 4.79 Å². The molecule has 0 aliphatic heterocycles. The molecular formula is C10H21NO2. The normalized spacial score (nSPS) is 18.1. The molecule has 3 nitrogen and oxygen atoms in total. The highest BCUT2D eigenvalue weighted by Gasteiger charge is 2.41. The smallest absolute Gasteiger partial charge is 0.326 e. The molecule has 0 saturated carbocycles. The first-order chi connectivity index (χ1) is 5.91. The first-order valence-corrected chi connectivity index (χ1v) is 4.67. The molecule has 0 bridgehead atoms. The highest BCUT2D eigenvalue weighted by atomic mass is 16.5. The second-order valence-corrected chi connectivity index (χ2v) is 3.84. The third kappa shape index (κ3) is 2.21. The first-order valence-electron chi connectivity index (χ1n) is 4.67. The van der Waals surface area contributed by atoms with E-state index in [1.807, 2.05) is 25.9 Å². The summed E-state index contributed by atoms with van der Waals surface area (Å²) in [6.07, 6.45) is 0.962. The van der Waals surface area contributed by atoms with Crippen LogP contribution in [-0.4, -0.2) is 37.6 Å². The third-order valence-corrected chi connectivity index (χ3v) is 3.10. The summed E-state index contributed by atoms with van der Waals surface area (Å²) in [7, 11) is 5.25. The van der Waals surface area contributed by atoms with Crippen LogP contribution < -0.4 is 0 Å². The Bertz CT molecular complexity index is 180. The predicted octanol–water partition coefficient (Wildman–Crippen LogP) is 1.53. The lowest BCUT2D eigenvalue weighted by atomic mass is 9.84. The van der Waals surface area contributed by atoms with E-state index < -0.39 is 5.54 Å². The Kier molecular flexibility index (Phi) is 4.40. The molecule has 3 heteroatoms. The molecule has 0 rings (SSSR count). The van der Waals surface area contributed by atoms with Gasteiger partial charge >= 0.3 is 5.97 Å². The minimum Gasteiger partial charge on any atom is -0.468 e. The molecule has 0 aliphatic carbocycles. The quantitative estimate of drug-likeness (QED) is 0.625. The van der Waals surface area contributed by atoms with Crippen LogP contribution in [0.25, 0.3) is 0 Å². The third-order valence-electron chi connectivity index (χ3n) is 3.10. The zero-order valence-electron chi connectivity index (χ0n) is 9.55.